The molecule has 0 spiro atoms. The summed E-state index contributed by atoms with van der Waals surface area (Å²) < 4.78 is 4.86. The van der Waals surface area contributed by atoms with Gasteiger partial charge >= 0.3 is 0 Å². The Morgan fingerprint density at radius 3 is 2.61 bits per heavy atom. The fourth-order valence-corrected chi connectivity index (χ4v) is 1.57. The van der Waals surface area contributed by atoms with Crippen molar-refractivity contribution in [2.75, 3.05) is 31.0 Å². The normalized spacial score (nSPS) is 12.3. The van der Waals surface area contributed by atoms with Crippen LogP contribution in [0, 0.1) is 13.8 Å². The Kier molecular flexibility index (Phi) is 5.76. The molecule has 1 aromatic heterocycles. The van der Waals surface area contributed by atoms with Gasteiger partial charge in [0.1, 0.15) is 17.5 Å². The first-order valence-electron chi connectivity index (χ1n) is 5.81. The van der Waals surface area contributed by atoms with Gasteiger partial charge in [0, 0.05) is 19.2 Å². The molecule has 0 fully saturated rings. The monoisotopic (exact) mass is 255 g/mol. The Morgan fingerprint density at radius 1 is 1.33 bits per heavy atom. The predicted octanol–water partition coefficient (Wildman–Crippen LogP) is 0.188. The van der Waals surface area contributed by atoms with Gasteiger partial charge in [0.15, 0.2) is 0 Å². The quantitative estimate of drug-likeness (QED) is 0.407. The summed E-state index contributed by atoms with van der Waals surface area (Å²) in [5.41, 5.74) is 3.39. The van der Waals surface area contributed by atoms with E-state index >= 15 is 0 Å². The lowest BCUT2D eigenvalue weighted by Crippen LogP contribution is -2.20. The predicted molar refractivity (Wildman–Crippen MR) is 70.3 cm³/mol. The minimum absolute atomic E-state index is 0.332. The molecule has 1 unspecified atom stereocenters. The molecule has 18 heavy (non-hydrogen) atoms. The zero-order valence-corrected chi connectivity index (χ0v) is 11.0. The van der Waals surface area contributed by atoms with Crippen LogP contribution < -0.4 is 16.6 Å². The summed E-state index contributed by atoms with van der Waals surface area (Å²) in [6.07, 6.45) is 0.111. The molecule has 102 valence electrons. The van der Waals surface area contributed by atoms with Crippen LogP contribution in [0.1, 0.15) is 17.8 Å². The summed E-state index contributed by atoms with van der Waals surface area (Å²) >= 11 is 0. The molecule has 0 aliphatic rings. The Labute approximate surface area is 107 Å². The standard InChI is InChI=1S/C11H21N5O2/c1-7-10(13-5-4-9(17)6-18-3)14-8(2)15-11(7)16-12/h9,17H,4-6,12H2,1-3H3,(H2,13,14,15,16). The molecule has 1 heterocycles. The second kappa shape index (κ2) is 7.10. The lowest BCUT2D eigenvalue weighted by molar-refractivity contribution is 0.0615. The van der Waals surface area contributed by atoms with Gasteiger partial charge in [0.2, 0.25) is 0 Å². The van der Waals surface area contributed by atoms with E-state index in [0.717, 1.165) is 11.4 Å². The Bertz CT molecular complexity index is 386. The molecular formula is C11H21N5O2. The number of aromatic nitrogens is 2. The third kappa shape index (κ3) is 4.10. The SMILES string of the molecule is COCC(O)CCNc1nc(C)nc(NN)c1C. The van der Waals surface area contributed by atoms with E-state index in [-0.39, 0.29) is 0 Å². The fourth-order valence-electron chi connectivity index (χ4n) is 1.57. The molecule has 0 aliphatic heterocycles. The van der Waals surface area contributed by atoms with Crippen LogP contribution >= 0.6 is 0 Å². The van der Waals surface area contributed by atoms with E-state index < -0.39 is 6.10 Å². The number of ether oxygens (including phenoxy) is 1. The van der Waals surface area contributed by atoms with E-state index in [2.05, 4.69) is 20.7 Å². The second-order valence-electron chi connectivity index (χ2n) is 4.06. The molecule has 7 heteroatoms. The molecule has 0 saturated heterocycles. The van der Waals surface area contributed by atoms with Crippen molar-refractivity contribution >= 4 is 11.6 Å². The minimum atomic E-state index is -0.474. The minimum Gasteiger partial charge on any atom is -0.391 e. The van der Waals surface area contributed by atoms with Gasteiger partial charge in [0.25, 0.3) is 0 Å². The van der Waals surface area contributed by atoms with E-state index in [1.807, 2.05) is 6.92 Å². The number of aryl methyl sites for hydroxylation is 1. The number of methoxy groups -OCH3 is 1. The molecule has 0 aliphatic carbocycles. The number of hydrogen-bond acceptors (Lipinski definition) is 7. The van der Waals surface area contributed by atoms with Crippen molar-refractivity contribution in [3.05, 3.63) is 11.4 Å². The Hall–Kier alpha value is -1.44. The highest BCUT2D eigenvalue weighted by molar-refractivity contribution is 5.56. The lowest BCUT2D eigenvalue weighted by Gasteiger charge is -2.14. The first-order chi connectivity index (χ1) is 8.58. The van der Waals surface area contributed by atoms with Gasteiger partial charge in [-0.3, -0.25) is 0 Å². The van der Waals surface area contributed by atoms with E-state index in [4.69, 9.17) is 10.6 Å². The third-order valence-corrected chi connectivity index (χ3v) is 2.52. The molecule has 0 saturated carbocycles. The van der Waals surface area contributed by atoms with Crippen molar-refractivity contribution in [1.82, 2.24) is 9.97 Å². The van der Waals surface area contributed by atoms with Crippen LogP contribution in [-0.4, -0.2) is 41.4 Å². The molecule has 1 atom stereocenters. The number of hydrogen-bond donors (Lipinski definition) is 4. The summed E-state index contributed by atoms with van der Waals surface area (Å²) in [6, 6.07) is 0. The molecule has 0 radical (unpaired) electrons. The van der Waals surface area contributed by atoms with Gasteiger partial charge in [-0.1, -0.05) is 0 Å². The number of rotatable bonds is 7. The van der Waals surface area contributed by atoms with Crippen molar-refractivity contribution in [3.8, 4) is 0 Å². The van der Waals surface area contributed by atoms with Gasteiger partial charge in [-0.05, 0) is 20.3 Å². The van der Waals surface area contributed by atoms with Gasteiger partial charge in [-0.2, -0.15) is 0 Å². The summed E-state index contributed by atoms with van der Waals surface area (Å²) in [5, 5.41) is 12.7. The maximum absolute atomic E-state index is 9.52. The number of nitrogens with zero attached hydrogens (tertiary/aromatic N) is 2. The maximum Gasteiger partial charge on any atom is 0.148 e. The van der Waals surface area contributed by atoms with Crippen LogP contribution in [0.25, 0.3) is 0 Å². The highest BCUT2D eigenvalue weighted by Crippen LogP contribution is 2.18. The number of aliphatic hydroxyl groups excluding tert-OH is 1. The number of aliphatic hydroxyl groups is 1. The smallest absolute Gasteiger partial charge is 0.148 e. The van der Waals surface area contributed by atoms with Crippen LogP contribution in [-0.2, 0) is 4.74 Å². The molecule has 7 nitrogen and oxygen atoms in total. The van der Waals surface area contributed by atoms with Crippen molar-refractivity contribution in [2.45, 2.75) is 26.4 Å². The number of nitrogens with two attached hydrogens (primary N) is 1. The van der Waals surface area contributed by atoms with Crippen molar-refractivity contribution in [3.63, 3.8) is 0 Å². The molecule has 0 amide bonds. The highest BCUT2D eigenvalue weighted by Gasteiger charge is 2.09. The zero-order chi connectivity index (χ0) is 13.5. The van der Waals surface area contributed by atoms with Gasteiger partial charge in [-0.15, -0.1) is 0 Å². The van der Waals surface area contributed by atoms with Crippen LogP contribution in [0.15, 0.2) is 0 Å². The van der Waals surface area contributed by atoms with Crippen LogP contribution in [0.4, 0.5) is 11.6 Å². The van der Waals surface area contributed by atoms with E-state index in [1.165, 1.54) is 0 Å². The molecule has 0 aromatic carbocycles. The average Bonchev–Trinajstić information content (AvgIpc) is 2.33. The van der Waals surface area contributed by atoms with Crippen LogP contribution in [0.2, 0.25) is 0 Å². The summed E-state index contributed by atoms with van der Waals surface area (Å²) in [4.78, 5) is 8.46. The summed E-state index contributed by atoms with van der Waals surface area (Å²) in [6.45, 7) is 4.61. The van der Waals surface area contributed by atoms with Crippen LogP contribution in [0.3, 0.4) is 0 Å². The Morgan fingerprint density at radius 2 is 2.00 bits per heavy atom. The number of anilines is 2. The molecule has 1 aromatic rings. The van der Waals surface area contributed by atoms with E-state index in [1.54, 1.807) is 14.0 Å². The molecule has 0 bridgehead atoms. The zero-order valence-electron chi connectivity index (χ0n) is 11.0. The summed E-state index contributed by atoms with van der Waals surface area (Å²) in [7, 11) is 1.56. The number of nitrogen functional groups attached to an aromatic ring is 1. The first-order valence-corrected chi connectivity index (χ1v) is 5.81. The third-order valence-electron chi connectivity index (χ3n) is 2.52. The van der Waals surface area contributed by atoms with Crippen molar-refractivity contribution < 1.29 is 9.84 Å². The van der Waals surface area contributed by atoms with E-state index in [9.17, 15) is 5.11 Å². The second-order valence-corrected chi connectivity index (χ2v) is 4.06. The van der Waals surface area contributed by atoms with Gasteiger partial charge < -0.3 is 20.6 Å². The topological polar surface area (TPSA) is 105 Å². The first kappa shape index (κ1) is 14.6. The highest BCUT2D eigenvalue weighted by atomic mass is 16.5. The fraction of sp³-hybridized carbons (Fsp3) is 0.636. The van der Waals surface area contributed by atoms with Crippen molar-refractivity contribution in [2.24, 2.45) is 5.84 Å². The number of nitrogens with one attached hydrogen (secondary N) is 2. The van der Waals surface area contributed by atoms with Gasteiger partial charge in [0.05, 0.1) is 12.7 Å². The lowest BCUT2D eigenvalue weighted by atomic mass is 10.2. The van der Waals surface area contributed by atoms with E-state index in [0.29, 0.717) is 31.2 Å². The molecule has 5 N–H and O–H groups in total. The van der Waals surface area contributed by atoms with Crippen LogP contribution in [0.5, 0.6) is 0 Å². The average molecular weight is 255 g/mol. The maximum atomic E-state index is 9.52. The van der Waals surface area contributed by atoms with Crippen molar-refractivity contribution in [1.29, 1.82) is 0 Å². The molecular weight excluding hydrogens is 234 g/mol. The largest absolute Gasteiger partial charge is 0.391 e. The Balaban J connectivity index is 2.59. The number of hydrazine groups is 1. The summed E-state index contributed by atoms with van der Waals surface area (Å²) in [5.74, 6) is 7.33. The van der Waals surface area contributed by atoms with Gasteiger partial charge in [-0.25, -0.2) is 15.8 Å². The molecule has 1 rings (SSSR count).